The Labute approximate surface area is 113 Å². The number of rotatable bonds is 5. The van der Waals surface area contributed by atoms with Gasteiger partial charge in [0.1, 0.15) is 5.82 Å². The van der Waals surface area contributed by atoms with Crippen LogP contribution >= 0.6 is 0 Å². The van der Waals surface area contributed by atoms with Gasteiger partial charge in [-0.2, -0.15) is 4.68 Å². The Bertz CT molecular complexity index is 545. The molecular weight excluding hydrogens is 238 g/mol. The molecule has 0 aliphatic rings. The van der Waals surface area contributed by atoms with E-state index in [4.69, 9.17) is 5.73 Å². The molecule has 0 fully saturated rings. The molecule has 2 heterocycles. The highest BCUT2D eigenvalue weighted by atomic mass is 15.4. The zero-order chi connectivity index (χ0) is 13.8. The molecule has 0 bridgehead atoms. The molecule has 0 aliphatic carbocycles. The lowest BCUT2D eigenvalue weighted by molar-refractivity contribution is 0.617. The van der Waals surface area contributed by atoms with E-state index in [0.717, 1.165) is 29.6 Å². The highest BCUT2D eigenvalue weighted by Gasteiger charge is 2.12. The number of hydrogen-bond donors (Lipinski definition) is 1. The second-order valence-electron chi connectivity index (χ2n) is 5.13. The predicted octanol–water partition coefficient (Wildman–Crippen LogP) is 1.67. The van der Waals surface area contributed by atoms with E-state index >= 15 is 0 Å². The first kappa shape index (κ1) is 13.7. The Hall–Kier alpha value is -1.75. The van der Waals surface area contributed by atoms with Crippen LogP contribution in [0.5, 0.6) is 0 Å². The normalized spacial score (nSPS) is 11.2. The lowest BCUT2D eigenvalue weighted by atomic mass is 10.1. The van der Waals surface area contributed by atoms with E-state index in [1.54, 1.807) is 0 Å². The number of nitrogens with zero attached hydrogens (tertiary/aromatic N) is 4. The zero-order valence-electron chi connectivity index (χ0n) is 11.8. The number of aromatic nitrogens is 4. The maximum absolute atomic E-state index is 5.65. The van der Waals surface area contributed by atoms with E-state index in [0.29, 0.717) is 18.9 Å². The SMILES string of the molecule is Cc1cccc(-n2nc(CC(C)C)nc2CCN)n1. The van der Waals surface area contributed by atoms with Crippen LogP contribution in [-0.2, 0) is 12.8 Å². The van der Waals surface area contributed by atoms with Gasteiger partial charge in [-0.15, -0.1) is 5.10 Å². The summed E-state index contributed by atoms with van der Waals surface area (Å²) < 4.78 is 1.82. The number of aryl methyl sites for hydroxylation is 1. The minimum absolute atomic E-state index is 0.534. The van der Waals surface area contributed by atoms with Gasteiger partial charge in [0, 0.05) is 18.5 Å². The molecule has 0 atom stereocenters. The lowest BCUT2D eigenvalue weighted by Crippen LogP contribution is -2.11. The van der Waals surface area contributed by atoms with Crippen molar-refractivity contribution < 1.29 is 0 Å². The van der Waals surface area contributed by atoms with Crippen molar-refractivity contribution in [2.75, 3.05) is 6.54 Å². The van der Waals surface area contributed by atoms with E-state index in [9.17, 15) is 0 Å². The maximum Gasteiger partial charge on any atom is 0.155 e. The predicted molar refractivity (Wildman–Crippen MR) is 75.2 cm³/mol. The topological polar surface area (TPSA) is 69.6 Å². The van der Waals surface area contributed by atoms with Crippen LogP contribution in [0.4, 0.5) is 0 Å². The van der Waals surface area contributed by atoms with E-state index in [1.807, 2.05) is 29.8 Å². The highest BCUT2D eigenvalue weighted by molar-refractivity contribution is 5.24. The van der Waals surface area contributed by atoms with Gasteiger partial charge >= 0.3 is 0 Å². The summed E-state index contributed by atoms with van der Waals surface area (Å²) in [6.45, 7) is 6.85. The standard InChI is InChI=1S/C14H21N5/c1-10(2)9-12-17-14(7-8-15)19(18-12)13-6-4-5-11(3)16-13/h4-6,10H,7-9,15H2,1-3H3. The minimum Gasteiger partial charge on any atom is -0.330 e. The average Bonchev–Trinajstić information content (AvgIpc) is 2.71. The minimum atomic E-state index is 0.534. The summed E-state index contributed by atoms with van der Waals surface area (Å²) in [6.07, 6.45) is 1.58. The monoisotopic (exact) mass is 259 g/mol. The van der Waals surface area contributed by atoms with E-state index in [-0.39, 0.29) is 0 Å². The molecule has 2 aromatic heterocycles. The van der Waals surface area contributed by atoms with Crippen molar-refractivity contribution in [1.82, 2.24) is 19.7 Å². The largest absolute Gasteiger partial charge is 0.330 e. The van der Waals surface area contributed by atoms with Crippen LogP contribution in [0.25, 0.3) is 5.82 Å². The first-order chi connectivity index (χ1) is 9.10. The fraction of sp³-hybridized carbons (Fsp3) is 0.500. The van der Waals surface area contributed by atoms with Gasteiger partial charge in [-0.05, 0) is 31.5 Å². The first-order valence-electron chi connectivity index (χ1n) is 6.69. The molecule has 0 saturated heterocycles. The second-order valence-corrected chi connectivity index (χ2v) is 5.13. The van der Waals surface area contributed by atoms with Gasteiger partial charge in [-0.1, -0.05) is 19.9 Å². The highest BCUT2D eigenvalue weighted by Crippen LogP contribution is 2.11. The summed E-state index contributed by atoms with van der Waals surface area (Å²) in [6, 6.07) is 5.90. The van der Waals surface area contributed by atoms with Gasteiger partial charge in [0.05, 0.1) is 0 Å². The van der Waals surface area contributed by atoms with E-state index < -0.39 is 0 Å². The molecular formula is C14H21N5. The fourth-order valence-corrected chi connectivity index (χ4v) is 1.96. The smallest absolute Gasteiger partial charge is 0.155 e. The maximum atomic E-state index is 5.65. The molecule has 19 heavy (non-hydrogen) atoms. The molecule has 2 aromatic rings. The molecule has 5 nitrogen and oxygen atoms in total. The third-order valence-electron chi connectivity index (χ3n) is 2.77. The molecule has 5 heteroatoms. The zero-order valence-corrected chi connectivity index (χ0v) is 11.8. The van der Waals surface area contributed by atoms with Gasteiger partial charge in [0.15, 0.2) is 11.6 Å². The van der Waals surface area contributed by atoms with Crippen LogP contribution in [0.3, 0.4) is 0 Å². The van der Waals surface area contributed by atoms with Crippen molar-refractivity contribution >= 4 is 0 Å². The van der Waals surface area contributed by atoms with Gasteiger partial charge < -0.3 is 5.73 Å². The number of pyridine rings is 1. The van der Waals surface area contributed by atoms with Crippen molar-refractivity contribution in [3.8, 4) is 5.82 Å². The Kier molecular flexibility index (Phi) is 4.27. The molecule has 102 valence electrons. The van der Waals surface area contributed by atoms with E-state index in [2.05, 4.69) is 28.9 Å². The molecule has 0 unspecified atom stereocenters. The molecule has 2 rings (SSSR count). The summed E-state index contributed by atoms with van der Waals surface area (Å²) in [4.78, 5) is 9.08. The Morgan fingerprint density at radius 2 is 2.05 bits per heavy atom. The average molecular weight is 259 g/mol. The van der Waals surface area contributed by atoms with Crippen molar-refractivity contribution in [3.05, 3.63) is 35.5 Å². The summed E-state index contributed by atoms with van der Waals surface area (Å²) in [5.74, 6) is 3.09. The van der Waals surface area contributed by atoms with Crippen molar-refractivity contribution in [1.29, 1.82) is 0 Å². The Balaban J connectivity index is 2.39. The molecule has 0 radical (unpaired) electrons. The Morgan fingerprint density at radius 1 is 1.26 bits per heavy atom. The first-order valence-corrected chi connectivity index (χ1v) is 6.69. The van der Waals surface area contributed by atoms with Crippen LogP contribution in [0, 0.1) is 12.8 Å². The van der Waals surface area contributed by atoms with Gasteiger partial charge in [-0.25, -0.2) is 9.97 Å². The number of nitrogens with two attached hydrogens (primary N) is 1. The third-order valence-corrected chi connectivity index (χ3v) is 2.77. The molecule has 0 aliphatic heterocycles. The van der Waals surface area contributed by atoms with Crippen LogP contribution < -0.4 is 5.73 Å². The molecule has 0 saturated carbocycles. The number of hydrogen-bond acceptors (Lipinski definition) is 4. The van der Waals surface area contributed by atoms with Crippen LogP contribution in [0.15, 0.2) is 18.2 Å². The van der Waals surface area contributed by atoms with Crippen molar-refractivity contribution in [2.45, 2.75) is 33.6 Å². The lowest BCUT2D eigenvalue weighted by Gasteiger charge is -2.04. The van der Waals surface area contributed by atoms with Gasteiger partial charge in [0.2, 0.25) is 0 Å². The van der Waals surface area contributed by atoms with Crippen LogP contribution in [0.2, 0.25) is 0 Å². The quantitative estimate of drug-likeness (QED) is 0.886. The molecule has 0 spiro atoms. The summed E-state index contributed by atoms with van der Waals surface area (Å²) in [5.41, 5.74) is 6.62. The Morgan fingerprint density at radius 3 is 2.68 bits per heavy atom. The van der Waals surface area contributed by atoms with Crippen LogP contribution in [-0.4, -0.2) is 26.3 Å². The second kappa shape index (κ2) is 5.93. The van der Waals surface area contributed by atoms with Gasteiger partial charge in [0.25, 0.3) is 0 Å². The summed E-state index contributed by atoms with van der Waals surface area (Å²) >= 11 is 0. The fourth-order valence-electron chi connectivity index (χ4n) is 1.96. The van der Waals surface area contributed by atoms with Gasteiger partial charge in [-0.3, -0.25) is 0 Å². The molecule has 2 N–H and O–H groups in total. The van der Waals surface area contributed by atoms with E-state index in [1.165, 1.54) is 0 Å². The third kappa shape index (κ3) is 3.38. The molecule has 0 amide bonds. The summed E-state index contributed by atoms with van der Waals surface area (Å²) in [5, 5.41) is 4.57. The summed E-state index contributed by atoms with van der Waals surface area (Å²) in [7, 11) is 0. The van der Waals surface area contributed by atoms with Crippen molar-refractivity contribution in [3.63, 3.8) is 0 Å². The van der Waals surface area contributed by atoms with Crippen LogP contribution in [0.1, 0.15) is 31.2 Å². The van der Waals surface area contributed by atoms with Crippen molar-refractivity contribution in [2.24, 2.45) is 11.7 Å². The molecule has 0 aromatic carbocycles.